The second-order valence-corrected chi connectivity index (χ2v) is 6.93. The molecule has 0 atom stereocenters. The van der Waals surface area contributed by atoms with E-state index in [4.69, 9.17) is 4.52 Å². The molecule has 0 saturated carbocycles. The van der Waals surface area contributed by atoms with Gasteiger partial charge >= 0.3 is 0 Å². The van der Waals surface area contributed by atoms with Crippen LogP contribution in [-0.2, 0) is 6.42 Å². The lowest BCUT2D eigenvalue weighted by atomic mass is 9.89. The summed E-state index contributed by atoms with van der Waals surface area (Å²) in [6.45, 7) is 8.41. The van der Waals surface area contributed by atoms with Crippen molar-refractivity contribution in [1.29, 1.82) is 0 Å². The zero-order valence-electron chi connectivity index (χ0n) is 14.6. The smallest absolute Gasteiger partial charge is 0.141 e. The lowest BCUT2D eigenvalue weighted by Crippen LogP contribution is -2.28. The highest BCUT2D eigenvalue weighted by molar-refractivity contribution is 5.90. The summed E-state index contributed by atoms with van der Waals surface area (Å²) in [5.41, 5.74) is 6.76. The Hall–Kier alpha value is -2.14. The van der Waals surface area contributed by atoms with E-state index in [1.54, 1.807) is 0 Å². The number of pyridine rings is 1. The molecule has 0 bridgehead atoms. The summed E-state index contributed by atoms with van der Waals surface area (Å²) in [5, 5.41) is 8.81. The summed E-state index contributed by atoms with van der Waals surface area (Å²) >= 11 is 0. The predicted octanol–water partition coefficient (Wildman–Crippen LogP) is 3.69. The van der Waals surface area contributed by atoms with Gasteiger partial charge in [-0.3, -0.25) is 0 Å². The second-order valence-electron chi connectivity index (χ2n) is 6.93. The van der Waals surface area contributed by atoms with E-state index in [9.17, 15) is 0 Å². The third-order valence-electron chi connectivity index (χ3n) is 5.31. The lowest BCUT2D eigenvalue weighted by molar-refractivity contribution is 0.373. The second kappa shape index (κ2) is 6.06. The number of aryl methyl sites for hydroxylation is 3. The summed E-state index contributed by atoms with van der Waals surface area (Å²) in [4.78, 5) is 8.01. The van der Waals surface area contributed by atoms with Gasteiger partial charge in [-0.25, -0.2) is 4.98 Å². The van der Waals surface area contributed by atoms with Gasteiger partial charge in [0.1, 0.15) is 11.4 Å². The third-order valence-corrected chi connectivity index (χ3v) is 5.31. The van der Waals surface area contributed by atoms with E-state index in [-0.39, 0.29) is 0 Å². The number of H-pyrrole nitrogens is 1. The Kier molecular flexibility index (Phi) is 3.88. The van der Waals surface area contributed by atoms with Crippen molar-refractivity contribution in [2.45, 2.75) is 40.0 Å². The van der Waals surface area contributed by atoms with Gasteiger partial charge in [0.15, 0.2) is 0 Å². The van der Waals surface area contributed by atoms with Gasteiger partial charge in [-0.15, -0.1) is 0 Å². The minimum Gasteiger partial charge on any atom is -0.361 e. The molecule has 4 heterocycles. The fourth-order valence-corrected chi connectivity index (χ4v) is 4.01. The van der Waals surface area contributed by atoms with Crippen molar-refractivity contribution >= 4 is 11.0 Å². The van der Waals surface area contributed by atoms with Gasteiger partial charge in [0.25, 0.3) is 0 Å². The summed E-state index contributed by atoms with van der Waals surface area (Å²) in [6.07, 6.45) is 7.71. The molecule has 0 unspecified atom stereocenters. The van der Waals surface area contributed by atoms with E-state index in [0.29, 0.717) is 0 Å². The van der Waals surface area contributed by atoms with E-state index >= 15 is 0 Å². The molecule has 5 heteroatoms. The van der Waals surface area contributed by atoms with Crippen LogP contribution in [0.1, 0.15) is 35.4 Å². The minimum absolute atomic E-state index is 0.757. The normalized spacial score (nSPS) is 16.1. The first-order valence-corrected chi connectivity index (χ1v) is 8.74. The van der Waals surface area contributed by atoms with Crippen molar-refractivity contribution in [3.05, 3.63) is 35.0 Å². The number of aromatic amines is 1. The van der Waals surface area contributed by atoms with Gasteiger partial charge < -0.3 is 14.8 Å². The van der Waals surface area contributed by atoms with Gasteiger partial charge in [0, 0.05) is 28.9 Å². The van der Waals surface area contributed by atoms with Crippen molar-refractivity contribution in [3.8, 4) is 11.1 Å². The molecule has 1 fully saturated rings. The number of piperidine rings is 1. The molecule has 5 nitrogen and oxygen atoms in total. The minimum atomic E-state index is 0.757. The summed E-state index contributed by atoms with van der Waals surface area (Å²) in [6, 6.07) is 0. The zero-order chi connectivity index (χ0) is 16.7. The lowest BCUT2D eigenvalue weighted by Gasteiger charge is -2.22. The highest BCUT2D eigenvalue weighted by Gasteiger charge is 2.20. The van der Waals surface area contributed by atoms with E-state index in [0.717, 1.165) is 53.7 Å². The number of aromatic nitrogens is 3. The summed E-state index contributed by atoms with van der Waals surface area (Å²) < 4.78 is 5.36. The fourth-order valence-electron chi connectivity index (χ4n) is 4.01. The molecular formula is C19H24N4O. The maximum Gasteiger partial charge on any atom is 0.141 e. The Balaban J connectivity index is 1.78. The molecule has 1 saturated heterocycles. The Labute approximate surface area is 141 Å². The van der Waals surface area contributed by atoms with Gasteiger partial charge in [-0.2, -0.15) is 0 Å². The highest BCUT2D eigenvalue weighted by atomic mass is 16.5. The Morgan fingerprint density at radius 2 is 2.00 bits per heavy atom. The number of nitrogens with one attached hydrogen (secondary N) is 2. The molecule has 126 valence electrons. The standard InChI is InChI=1S/C19H24N4O/c1-11-16(18-12(2)23-24-13(18)3)10-22-19-17(11)15(9-21-19)8-14-4-6-20-7-5-14/h9-10,14,20H,4-8H2,1-3H3,(H,21,22). The van der Waals surface area contributed by atoms with Crippen LogP contribution >= 0.6 is 0 Å². The number of hydrogen-bond acceptors (Lipinski definition) is 4. The fraction of sp³-hybridized carbons (Fsp3) is 0.474. The van der Waals surface area contributed by atoms with E-state index in [1.165, 1.54) is 29.4 Å². The predicted molar refractivity (Wildman–Crippen MR) is 95.1 cm³/mol. The first kappa shape index (κ1) is 15.4. The Bertz CT molecular complexity index is 851. The summed E-state index contributed by atoms with van der Waals surface area (Å²) in [7, 11) is 0. The average Bonchev–Trinajstić information content (AvgIpc) is 3.14. The molecule has 0 spiro atoms. The molecular weight excluding hydrogens is 300 g/mol. The number of rotatable bonds is 3. The van der Waals surface area contributed by atoms with Gasteiger partial charge in [-0.1, -0.05) is 5.16 Å². The van der Waals surface area contributed by atoms with Crippen molar-refractivity contribution in [2.75, 3.05) is 13.1 Å². The van der Waals surface area contributed by atoms with E-state index < -0.39 is 0 Å². The first-order chi connectivity index (χ1) is 11.6. The van der Waals surface area contributed by atoms with Crippen LogP contribution in [0.4, 0.5) is 0 Å². The molecule has 24 heavy (non-hydrogen) atoms. The van der Waals surface area contributed by atoms with Crippen molar-refractivity contribution in [1.82, 2.24) is 20.4 Å². The molecule has 3 aromatic rings. The molecule has 4 rings (SSSR count). The third kappa shape index (κ3) is 2.53. The maximum absolute atomic E-state index is 5.36. The van der Waals surface area contributed by atoms with Crippen LogP contribution in [-0.4, -0.2) is 28.2 Å². The quantitative estimate of drug-likeness (QED) is 0.771. The van der Waals surface area contributed by atoms with Crippen LogP contribution < -0.4 is 5.32 Å². The number of fused-ring (bicyclic) bond motifs is 1. The van der Waals surface area contributed by atoms with E-state index in [2.05, 4.69) is 33.6 Å². The van der Waals surface area contributed by atoms with Crippen LogP contribution in [0, 0.1) is 26.7 Å². The SMILES string of the molecule is Cc1noc(C)c1-c1cnc2[nH]cc(CC3CCNCC3)c2c1C. The zero-order valence-corrected chi connectivity index (χ0v) is 14.6. The van der Waals surface area contributed by atoms with Crippen LogP contribution in [0.5, 0.6) is 0 Å². The van der Waals surface area contributed by atoms with Gasteiger partial charge in [-0.05, 0) is 70.2 Å². The topological polar surface area (TPSA) is 66.7 Å². The highest BCUT2D eigenvalue weighted by Crippen LogP contribution is 2.34. The molecule has 1 aliphatic rings. The van der Waals surface area contributed by atoms with Crippen LogP contribution in [0.25, 0.3) is 22.2 Å². The molecule has 0 aromatic carbocycles. The van der Waals surface area contributed by atoms with Crippen LogP contribution in [0.3, 0.4) is 0 Å². The van der Waals surface area contributed by atoms with Crippen LogP contribution in [0.2, 0.25) is 0 Å². The maximum atomic E-state index is 5.36. The van der Waals surface area contributed by atoms with Crippen LogP contribution in [0.15, 0.2) is 16.9 Å². The van der Waals surface area contributed by atoms with Crippen molar-refractivity contribution in [3.63, 3.8) is 0 Å². The van der Waals surface area contributed by atoms with E-state index in [1.807, 2.05) is 20.0 Å². The first-order valence-electron chi connectivity index (χ1n) is 8.74. The molecule has 2 N–H and O–H groups in total. The Morgan fingerprint density at radius 1 is 1.21 bits per heavy atom. The monoisotopic (exact) mass is 324 g/mol. The number of nitrogens with zero attached hydrogens (tertiary/aromatic N) is 2. The molecule has 0 radical (unpaired) electrons. The summed E-state index contributed by atoms with van der Waals surface area (Å²) in [5.74, 6) is 1.61. The van der Waals surface area contributed by atoms with Crippen molar-refractivity contribution in [2.24, 2.45) is 5.92 Å². The molecule has 1 aliphatic heterocycles. The van der Waals surface area contributed by atoms with Crippen molar-refractivity contribution < 1.29 is 4.52 Å². The molecule has 0 aliphatic carbocycles. The van der Waals surface area contributed by atoms with Gasteiger partial charge in [0.2, 0.25) is 0 Å². The Morgan fingerprint density at radius 3 is 2.71 bits per heavy atom. The van der Waals surface area contributed by atoms with Gasteiger partial charge in [0.05, 0.1) is 5.69 Å². The largest absolute Gasteiger partial charge is 0.361 e. The number of hydrogen-bond donors (Lipinski definition) is 2. The molecule has 3 aromatic heterocycles. The average molecular weight is 324 g/mol. The molecule has 0 amide bonds.